The molecule has 0 aliphatic heterocycles. The largest absolute Gasteiger partial charge is 0.480 e. The van der Waals surface area contributed by atoms with Gasteiger partial charge in [-0.3, -0.25) is 4.79 Å². The van der Waals surface area contributed by atoms with Gasteiger partial charge in [-0.05, 0) is 26.0 Å². The molecule has 0 saturated heterocycles. The minimum Gasteiger partial charge on any atom is -0.480 e. The molecule has 0 fully saturated rings. The highest BCUT2D eigenvalue weighted by atomic mass is 32.2. The fraction of sp³-hybridized carbons (Fsp3) is 0.286. The van der Waals surface area contributed by atoms with Gasteiger partial charge in [-0.2, -0.15) is 9.40 Å². The Labute approximate surface area is 128 Å². The Hall–Kier alpha value is -2.19. The summed E-state index contributed by atoms with van der Waals surface area (Å²) < 4.78 is 27.5. The van der Waals surface area contributed by atoms with Crippen molar-refractivity contribution in [1.29, 1.82) is 0 Å². The van der Waals surface area contributed by atoms with Crippen LogP contribution in [-0.4, -0.2) is 46.2 Å². The van der Waals surface area contributed by atoms with E-state index in [1.165, 1.54) is 17.1 Å². The van der Waals surface area contributed by atoms with Crippen molar-refractivity contribution in [2.75, 3.05) is 6.54 Å². The van der Waals surface area contributed by atoms with E-state index in [2.05, 4.69) is 5.10 Å². The molecule has 1 aromatic heterocycles. The van der Waals surface area contributed by atoms with Crippen LogP contribution in [0.5, 0.6) is 0 Å². The Morgan fingerprint density at radius 2 is 1.95 bits per heavy atom. The fourth-order valence-electron chi connectivity index (χ4n) is 1.98. The Morgan fingerprint density at radius 1 is 1.32 bits per heavy atom. The van der Waals surface area contributed by atoms with Gasteiger partial charge in [-0.25, -0.2) is 13.1 Å². The fourth-order valence-corrected chi connectivity index (χ4v) is 3.49. The third-order valence-corrected chi connectivity index (χ3v) is 5.03. The zero-order valence-corrected chi connectivity index (χ0v) is 13.1. The maximum absolute atomic E-state index is 12.6. The third-order valence-electron chi connectivity index (χ3n) is 3.05. The van der Waals surface area contributed by atoms with E-state index in [4.69, 9.17) is 5.11 Å². The molecule has 0 aliphatic rings. The summed E-state index contributed by atoms with van der Waals surface area (Å²) in [6.45, 7) is 2.67. The van der Waals surface area contributed by atoms with E-state index >= 15 is 0 Å². The van der Waals surface area contributed by atoms with Gasteiger partial charge in [-0.1, -0.05) is 18.2 Å². The van der Waals surface area contributed by atoms with E-state index in [0.29, 0.717) is 0 Å². The van der Waals surface area contributed by atoms with Crippen molar-refractivity contribution in [3.05, 3.63) is 42.7 Å². The maximum Gasteiger partial charge on any atom is 0.318 e. The zero-order valence-electron chi connectivity index (χ0n) is 12.2. The van der Waals surface area contributed by atoms with Crippen LogP contribution in [0, 0.1) is 0 Å². The molecule has 8 heteroatoms. The number of rotatable bonds is 6. The summed E-state index contributed by atoms with van der Waals surface area (Å²) in [4.78, 5) is 10.9. The smallest absolute Gasteiger partial charge is 0.318 e. The summed E-state index contributed by atoms with van der Waals surface area (Å²) in [5.74, 6) is -1.20. The molecule has 0 saturated carbocycles. The van der Waals surface area contributed by atoms with Crippen LogP contribution in [0.3, 0.4) is 0 Å². The Kier molecular flexibility index (Phi) is 4.62. The molecule has 2 rings (SSSR count). The molecule has 22 heavy (non-hydrogen) atoms. The van der Waals surface area contributed by atoms with Crippen LogP contribution in [0.25, 0.3) is 5.69 Å². The summed E-state index contributed by atoms with van der Waals surface area (Å²) in [6, 6.07) is 8.59. The van der Waals surface area contributed by atoms with Gasteiger partial charge < -0.3 is 5.11 Å². The molecule has 1 aromatic carbocycles. The van der Waals surface area contributed by atoms with Crippen LogP contribution in [0.2, 0.25) is 0 Å². The quantitative estimate of drug-likeness (QED) is 0.866. The monoisotopic (exact) mass is 323 g/mol. The van der Waals surface area contributed by atoms with Crippen molar-refractivity contribution in [2.24, 2.45) is 0 Å². The Morgan fingerprint density at radius 3 is 2.50 bits per heavy atom. The second kappa shape index (κ2) is 6.29. The summed E-state index contributed by atoms with van der Waals surface area (Å²) >= 11 is 0. The molecule has 1 N–H and O–H groups in total. The topological polar surface area (TPSA) is 92.5 Å². The number of sulfonamides is 1. The van der Waals surface area contributed by atoms with Gasteiger partial charge in [-0.15, -0.1) is 0 Å². The number of hydrogen-bond donors (Lipinski definition) is 1. The van der Waals surface area contributed by atoms with Crippen LogP contribution >= 0.6 is 0 Å². The van der Waals surface area contributed by atoms with E-state index in [1.54, 1.807) is 26.0 Å². The number of hydrogen-bond acceptors (Lipinski definition) is 4. The molecule has 0 unspecified atom stereocenters. The number of para-hydroxylation sites is 1. The van der Waals surface area contributed by atoms with Gasteiger partial charge >= 0.3 is 5.97 Å². The van der Waals surface area contributed by atoms with E-state index < -0.39 is 28.6 Å². The van der Waals surface area contributed by atoms with Crippen molar-refractivity contribution in [2.45, 2.75) is 24.8 Å². The van der Waals surface area contributed by atoms with Crippen LogP contribution in [0.15, 0.2) is 47.6 Å². The van der Waals surface area contributed by atoms with Crippen molar-refractivity contribution in [3.8, 4) is 5.69 Å². The normalized spacial score (nSPS) is 12.0. The first kappa shape index (κ1) is 16.2. The van der Waals surface area contributed by atoms with Crippen molar-refractivity contribution in [1.82, 2.24) is 14.1 Å². The molecule has 7 nitrogen and oxygen atoms in total. The second-order valence-corrected chi connectivity index (χ2v) is 6.88. The molecule has 0 bridgehead atoms. The number of nitrogens with zero attached hydrogens (tertiary/aromatic N) is 3. The Balaban J connectivity index is 2.37. The molecule has 0 amide bonds. The summed E-state index contributed by atoms with van der Waals surface area (Å²) in [5, 5.41) is 12.9. The van der Waals surface area contributed by atoms with Gasteiger partial charge in [0.15, 0.2) is 0 Å². The molecule has 1 heterocycles. The van der Waals surface area contributed by atoms with Gasteiger partial charge in [0.2, 0.25) is 10.0 Å². The van der Waals surface area contributed by atoms with Crippen molar-refractivity contribution < 1.29 is 18.3 Å². The number of carbonyl (C=O) groups is 1. The lowest BCUT2D eigenvalue weighted by atomic mass is 10.3. The van der Waals surface area contributed by atoms with Crippen LogP contribution in [0.4, 0.5) is 0 Å². The highest BCUT2D eigenvalue weighted by molar-refractivity contribution is 7.89. The average molecular weight is 323 g/mol. The Bertz CT molecular complexity index is 753. The van der Waals surface area contributed by atoms with Crippen LogP contribution < -0.4 is 0 Å². The SMILES string of the molecule is CC(C)N(CC(=O)O)S(=O)(=O)c1cnn(-c2ccccc2)c1. The van der Waals surface area contributed by atoms with Crippen LogP contribution in [0.1, 0.15) is 13.8 Å². The molecular formula is C14H17N3O4S. The molecule has 0 aliphatic carbocycles. The molecule has 0 atom stereocenters. The lowest BCUT2D eigenvalue weighted by molar-refractivity contribution is -0.137. The van der Waals surface area contributed by atoms with E-state index in [1.807, 2.05) is 18.2 Å². The first-order valence-electron chi connectivity index (χ1n) is 6.66. The number of carboxylic acid groups (broad SMARTS) is 1. The minimum absolute atomic E-state index is 0.0358. The minimum atomic E-state index is -3.91. The number of carboxylic acids is 1. The standard InChI is InChI=1S/C14H17N3O4S/c1-11(2)17(10-14(18)19)22(20,21)13-8-15-16(9-13)12-6-4-3-5-7-12/h3-9,11H,10H2,1-2H3,(H,18,19). The van der Waals surface area contributed by atoms with E-state index in [9.17, 15) is 13.2 Å². The number of aromatic nitrogens is 2. The first-order chi connectivity index (χ1) is 10.3. The predicted octanol–water partition coefficient (Wildman–Crippen LogP) is 1.36. The molecule has 2 aromatic rings. The summed E-state index contributed by atoms with van der Waals surface area (Å²) in [6.07, 6.45) is 2.60. The highest BCUT2D eigenvalue weighted by Gasteiger charge is 2.30. The lowest BCUT2D eigenvalue weighted by Crippen LogP contribution is -2.40. The van der Waals surface area contributed by atoms with Gasteiger partial charge in [0, 0.05) is 6.04 Å². The second-order valence-electron chi connectivity index (χ2n) is 4.99. The molecular weight excluding hydrogens is 306 g/mol. The van der Waals surface area contributed by atoms with Gasteiger partial charge in [0.25, 0.3) is 0 Å². The average Bonchev–Trinajstić information content (AvgIpc) is 2.95. The first-order valence-corrected chi connectivity index (χ1v) is 8.10. The maximum atomic E-state index is 12.6. The summed E-state index contributed by atoms with van der Waals surface area (Å²) in [7, 11) is -3.91. The predicted molar refractivity (Wildman–Crippen MR) is 80.2 cm³/mol. The molecule has 0 spiro atoms. The highest BCUT2D eigenvalue weighted by Crippen LogP contribution is 2.19. The third kappa shape index (κ3) is 3.34. The zero-order chi connectivity index (χ0) is 16.3. The lowest BCUT2D eigenvalue weighted by Gasteiger charge is -2.23. The van der Waals surface area contributed by atoms with Gasteiger partial charge in [0.05, 0.1) is 18.1 Å². The summed E-state index contributed by atoms with van der Waals surface area (Å²) in [5.41, 5.74) is 0.721. The van der Waals surface area contributed by atoms with Crippen molar-refractivity contribution >= 4 is 16.0 Å². The molecule has 118 valence electrons. The molecule has 0 radical (unpaired) electrons. The number of aliphatic carboxylic acids is 1. The van der Waals surface area contributed by atoms with E-state index in [0.717, 1.165) is 9.99 Å². The van der Waals surface area contributed by atoms with Gasteiger partial charge in [0.1, 0.15) is 11.4 Å². The van der Waals surface area contributed by atoms with E-state index in [-0.39, 0.29) is 4.90 Å². The number of benzene rings is 1. The van der Waals surface area contributed by atoms with Crippen molar-refractivity contribution in [3.63, 3.8) is 0 Å². The van der Waals surface area contributed by atoms with Crippen LogP contribution in [-0.2, 0) is 14.8 Å².